The number of hydrogen-bond acceptors (Lipinski definition) is 0. The van der Waals surface area contributed by atoms with Gasteiger partial charge >= 0.3 is 26.2 Å². The summed E-state index contributed by atoms with van der Waals surface area (Å²) in [6, 6.07) is 0. The van der Waals surface area contributed by atoms with Crippen molar-refractivity contribution >= 4 is 0 Å². The Balaban J connectivity index is -0.000000165. The molecule has 0 bridgehead atoms. The van der Waals surface area contributed by atoms with E-state index in [4.69, 9.17) is 0 Å². The summed E-state index contributed by atoms with van der Waals surface area (Å²) in [5.41, 5.74) is 2.85. The first-order chi connectivity index (χ1) is 5.80. The summed E-state index contributed by atoms with van der Waals surface area (Å²) < 4.78 is 0. The van der Waals surface area contributed by atoms with Crippen LogP contribution in [-0.2, 0) is 26.2 Å². The van der Waals surface area contributed by atoms with Gasteiger partial charge in [-0.2, -0.15) is 11.6 Å². The minimum Gasteiger partial charge on any atom is -1.00 e. The molecule has 0 aromatic carbocycles. The molecule has 2 aliphatic carbocycles. The van der Waals surface area contributed by atoms with E-state index in [2.05, 4.69) is 38.2 Å². The molecule has 0 fully saturated rings. The van der Waals surface area contributed by atoms with E-state index < -0.39 is 0 Å². The maximum Gasteiger partial charge on any atom is 4.00 e. The Hall–Kier alpha value is 0.423. The zero-order valence-electron chi connectivity index (χ0n) is 8.98. The predicted molar refractivity (Wildman–Crippen MR) is 52.4 cm³/mol. The SMILES string of the molecule is CC1=C(C)C[C-]=C1.[C-]1=CC=CC1.[Cl-].[Cl-].[Zr+4]. The molecule has 15 heavy (non-hydrogen) atoms. The monoisotopic (exact) mass is 318 g/mol. The van der Waals surface area contributed by atoms with Crippen molar-refractivity contribution < 1.29 is 51.0 Å². The second-order valence-electron chi connectivity index (χ2n) is 2.99. The molecule has 0 N–H and O–H groups in total. The van der Waals surface area contributed by atoms with Crippen LogP contribution < -0.4 is 24.8 Å². The van der Waals surface area contributed by atoms with E-state index in [-0.39, 0.29) is 51.0 Å². The van der Waals surface area contributed by atoms with Gasteiger partial charge in [-0.1, -0.05) is 6.92 Å². The summed E-state index contributed by atoms with van der Waals surface area (Å²) in [5, 5.41) is 0. The van der Waals surface area contributed by atoms with E-state index >= 15 is 0 Å². The van der Waals surface area contributed by atoms with Crippen molar-refractivity contribution in [1.82, 2.24) is 0 Å². The van der Waals surface area contributed by atoms with Crippen LogP contribution in [-0.4, -0.2) is 0 Å². The maximum absolute atomic E-state index is 3.12. The van der Waals surface area contributed by atoms with E-state index in [0.717, 1.165) is 12.8 Å². The van der Waals surface area contributed by atoms with Crippen molar-refractivity contribution in [3.63, 3.8) is 0 Å². The smallest absolute Gasteiger partial charge is 1.00 e. The van der Waals surface area contributed by atoms with E-state index in [9.17, 15) is 0 Å². The molecule has 0 spiro atoms. The summed E-state index contributed by atoms with van der Waals surface area (Å²) in [4.78, 5) is 0. The number of hydrogen-bond donors (Lipinski definition) is 0. The molecule has 0 heterocycles. The first-order valence-electron chi connectivity index (χ1n) is 4.25. The fraction of sp³-hybridized carbons (Fsp3) is 0.333. The standard InChI is InChI=1S/C7H9.C5H5.2ClH.Zr/c1-6-4-3-5-7(6)2;1-2-4-5-3-1;;;/h4H,5H2,1-2H3;1-3H,4H2;2*1H;/q2*-1;;;+4/p-2. The molecule has 0 saturated carbocycles. The summed E-state index contributed by atoms with van der Waals surface area (Å²) in [5.74, 6) is 0. The Morgan fingerprint density at radius 1 is 1.13 bits per heavy atom. The van der Waals surface area contributed by atoms with Crippen LogP contribution in [0.1, 0.15) is 26.7 Å². The van der Waals surface area contributed by atoms with Crippen LogP contribution in [0.3, 0.4) is 0 Å². The van der Waals surface area contributed by atoms with Gasteiger partial charge < -0.3 is 24.8 Å². The molecule has 0 radical (unpaired) electrons. The predicted octanol–water partition coefficient (Wildman–Crippen LogP) is -2.60. The fourth-order valence-corrected chi connectivity index (χ4v) is 0.960. The minimum atomic E-state index is 0. The second kappa shape index (κ2) is 12.5. The Labute approximate surface area is 125 Å². The van der Waals surface area contributed by atoms with Crippen molar-refractivity contribution in [3.8, 4) is 0 Å². The van der Waals surface area contributed by atoms with Crippen molar-refractivity contribution in [2.24, 2.45) is 0 Å². The molecule has 0 aromatic rings. The molecular weight excluding hydrogens is 306 g/mol. The van der Waals surface area contributed by atoms with Crippen LogP contribution >= 0.6 is 0 Å². The molecule has 0 amide bonds. The average Bonchev–Trinajstić information content (AvgIpc) is 2.67. The van der Waals surface area contributed by atoms with Crippen LogP contribution in [0.2, 0.25) is 0 Å². The van der Waals surface area contributed by atoms with Gasteiger partial charge in [0, 0.05) is 0 Å². The Morgan fingerprint density at radius 2 is 1.80 bits per heavy atom. The van der Waals surface area contributed by atoms with Crippen LogP contribution in [0.4, 0.5) is 0 Å². The van der Waals surface area contributed by atoms with Gasteiger partial charge in [0.1, 0.15) is 0 Å². The Morgan fingerprint density at radius 3 is 1.93 bits per heavy atom. The van der Waals surface area contributed by atoms with Gasteiger partial charge in [0.05, 0.1) is 0 Å². The van der Waals surface area contributed by atoms with E-state index in [1.807, 2.05) is 12.2 Å². The van der Waals surface area contributed by atoms with E-state index in [1.54, 1.807) is 0 Å². The summed E-state index contributed by atoms with van der Waals surface area (Å²) >= 11 is 0. The van der Waals surface area contributed by atoms with Gasteiger partial charge in [-0.25, -0.2) is 23.8 Å². The first-order valence-corrected chi connectivity index (χ1v) is 4.25. The molecule has 0 unspecified atom stereocenters. The maximum atomic E-state index is 3.12. The average molecular weight is 320 g/mol. The normalized spacial score (nSPS) is 14.8. The Bertz CT molecular complexity index is 253. The molecule has 0 aromatic heterocycles. The molecule has 0 aliphatic heterocycles. The third-order valence-electron chi connectivity index (χ3n) is 1.94. The quantitative estimate of drug-likeness (QED) is 0.430. The van der Waals surface area contributed by atoms with Gasteiger partial charge in [-0.15, -0.1) is 19.8 Å². The molecule has 0 atom stereocenters. The number of halogens is 2. The van der Waals surface area contributed by atoms with Crippen molar-refractivity contribution in [2.75, 3.05) is 0 Å². The number of rotatable bonds is 0. The van der Waals surface area contributed by atoms with Gasteiger partial charge in [0.15, 0.2) is 0 Å². The third kappa shape index (κ3) is 9.36. The first kappa shape index (κ1) is 20.8. The largest absolute Gasteiger partial charge is 4.00 e. The van der Waals surface area contributed by atoms with E-state index in [1.165, 1.54) is 11.1 Å². The van der Waals surface area contributed by atoms with Crippen molar-refractivity contribution in [2.45, 2.75) is 26.7 Å². The van der Waals surface area contributed by atoms with E-state index in [0.29, 0.717) is 0 Å². The van der Waals surface area contributed by atoms with Crippen molar-refractivity contribution in [1.29, 1.82) is 0 Å². The topological polar surface area (TPSA) is 0 Å². The molecule has 80 valence electrons. The zero-order chi connectivity index (χ0) is 8.81. The van der Waals surface area contributed by atoms with Gasteiger partial charge in [0.25, 0.3) is 0 Å². The van der Waals surface area contributed by atoms with Crippen LogP contribution in [0, 0.1) is 12.2 Å². The van der Waals surface area contributed by atoms with Gasteiger partial charge in [-0.05, 0) is 0 Å². The molecule has 2 aliphatic rings. The summed E-state index contributed by atoms with van der Waals surface area (Å²) in [6.07, 6.45) is 16.2. The molecular formula is C12H14Cl2Zr. The zero-order valence-corrected chi connectivity index (χ0v) is 12.9. The van der Waals surface area contributed by atoms with Crippen molar-refractivity contribution in [3.05, 3.63) is 47.6 Å². The summed E-state index contributed by atoms with van der Waals surface area (Å²) in [6.45, 7) is 4.27. The second-order valence-corrected chi connectivity index (χ2v) is 2.99. The van der Waals surface area contributed by atoms with Crippen LogP contribution in [0.25, 0.3) is 0 Å². The summed E-state index contributed by atoms with van der Waals surface area (Å²) in [7, 11) is 0. The molecule has 0 saturated heterocycles. The Kier molecular flexibility index (Phi) is 17.3. The molecule has 0 nitrogen and oxygen atoms in total. The number of allylic oxidation sites excluding steroid dienone is 8. The molecule has 3 heteroatoms. The minimum absolute atomic E-state index is 0. The molecule has 2 rings (SSSR count). The third-order valence-corrected chi connectivity index (χ3v) is 1.94. The fourth-order valence-electron chi connectivity index (χ4n) is 0.960. The van der Waals surface area contributed by atoms with Crippen LogP contribution in [0.15, 0.2) is 35.5 Å². The van der Waals surface area contributed by atoms with Gasteiger partial charge in [0.2, 0.25) is 0 Å². The van der Waals surface area contributed by atoms with Crippen LogP contribution in [0.5, 0.6) is 0 Å². The van der Waals surface area contributed by atoms with Gasteiger partial charge in [-0.3, -0.25) is 12.2 Å².